The monoisotopic (exact) mass is 342 g/mol. The minimum absolute atomic E-state index is 0.223. The van der Waals surface area contributed by atoms with Crippen LogP contribution in [0.4, 0.5) is 0 Å². The van der Waals surface area contributed by atoms with E-state index in [1.165, 1.54) is 0 Å². The summed E-state index contributed by atoms with van der Waals surface area (Å²) < 4.78 is 10.8. The van der Waals surface area contributed by atoms with E-state index in [0.29, 0.717) is 18.8 Å². The third-order valence-corrected chi connectivity index (χ3v) is 4.56. The van der Waals surface area contributed by atoms with E-state index in [0.717, 1.165) is 29.9 Å². The molecule has 0 aliphatic carbocycles. The van der Waals surface area contributed by atoms with E-state index in [1.54, 1.807) is 0 Å². The van der Waals surface area contributed by atoms with Crippen molar-refractivity contribution >= 4 is 5.97 Å². The summed E-state index contributed by atoms with van der Waals surface area (Å²) in [4.78, 5) is 10.9. The number of aliphatic hydroxyl groups excluding tert-OH is 1. The number of hydrogen-bond acceptors (Lipinski definition) is 4. The molecule has 0 bridgehead atoms. The Morgan fingerprint density at radius 1 is 0.920 bits per heavy atom. The van der Waals surface area contributed by atoms with E-state index in [1.807, 2.05) is 48.5 Å². The van der Waals surface area contributed by atoms with Gasteiger partial charge in [0.15, 0.2) is 0 Å². The number of fused-ring (bicyclic) bond motifs is 2. The number of rotatable bonds is 2. The third kappa shape index (κ3) is 3.94. The zero-order valence-corrected chi connectivity index (χ0v) is 13.9. The van der Waals surface area contributed by atoms with Crippen molar-refractivity contribution in [2.45, 2.75) is 24.7 Å². The maximum Gasteiger partial charge on any atom is 0.311 e. The molecule has 4 rings (SSSR count). The molecule has 5 nitrogen and oxygen atoms in total. The lowest BCUT2D eigenvalue weighted by atomic mass is 9.93. The molecule has 0 saturated carbocycles. The van der Waals surface area contributed by atoms with Crippen LogP contribution in [0.1, 0.15) is 35.8 Å². The van der Waals surface area contributed by atoms with Crippen LogP contribution in [0.25, 0.3) is 0 Å². The van der Waals surface area contributed by atoms with Crippen molar-refractivity contribution in [3.05, 3.63) is 59.7 Å². The normalized spacial score (nSPS) is 20.7. The summed E-state index contributed by atoms with van der Waals surface area (Å²) in [5.74, 6) is 0.750. The van der Waals surface area contributed by atoms with Crippen LogP contribution in [0.3, 0.4) is 0 Å². The van der Waals surface area contributed by atoms with E-state index < -0.39 is 11.9 Å². The maximum absolute atomic E-state index is 10.9. The molecular formula is C20H22O5. The first-order valence-corrected chi connectivity index (χ1v) is 8.48. The van der Waals surface area contributed by atoms with E-state index in [4.69, 9.17) is 19.7 Å². The second-order valence-corrected chi connectivity index (χ2v) is 6.12. The first-order valence-electron chi connectivity index (χ1n) is 8.48. The second-order valence-electron chi connectivity index (χ2n) is 6.12. The van der Waals surface area contributed by atoms with Crippen molar-refractivity contribution < 1.29 is 24.5 Å². The van der Waals surface area contributed by atoms with Crippen LogP contribution < -0.4 is 9.47 Å². The fourth-order valence-electron chi connectivity index (χ4n) is 3.20. The summed E-state index contributed by atoms with van der Waals surface area (Å²) in [7, 11) is 0. The number of aliphatic carboxylic acids is 1. The van der Waals surface area contributed by atoms with Crippen molar-refractivity contribution in [3.8, 4) is 11.5 Å². The van der Waals surface area contributed by atoms with E-state index in [2.05, 4.69) is 0 Å². The standard InChI is InChI=1S/C10H10O3.C10H12O2/c11-10(12)8-5-6-13-9-4-2-1-3-7(8)9;11-7-8-5-6-12-10-4-2-1-3-9(8)10/h1-4,8H,5-6H2,(H,11,12);1-4,8,11H,5-7H2. The number of hydrogen-bond donors (Lipinski definition) is 2. The number of carbonyl (C=O) groups is 1. The Balaban J connectivity index is 0.000000146. The van der Waals surface area contributed by atoms with Crippen molar-refractivity contribution in [2.75, 3.05) is 19.8 Å². The molecule has 0 spiro atoms. The lowest BCUT2D eigenvalue weighted by Crippen LogP contribution is -2.20. The minimum Gasteiger partial charge on any atom is -0.493 e. The molecule has 25 heavy (non-hydrogen) atoms. The molecule has 2 unspecified atom stereocenters. The van der Waals surface area contributed by atoms with Gasteiger partial charge in [-0.25, -0.2) is 0 Å². The zero-order valence-electron chi connectivity index (χ0n) is 13.9. The number of para-hydroxylation sites is 2. The summed E-state index contributed by atoms with van der Waals surface area (Å²) in [6.45, 7) is 1.44. The summed E-state index contributed by atoms with van der Waals surface area (Å²) >= 11 is 0. The molecule has 0 aromatic heterocycles. The van der Waals surface area contributed by atoms with Gasteiger partial charge in [0.2, 0.25) is 0 Å². The highest BCUT2D eigenvalue weighted by Gasteiger charge is 2.26. The first kappa shape index (κ1) is 17.3. The number of benzene rings is 2. The Morgan fingerprint density at radius 2 is 1.48 bits per heavy atom. The fraction of sp³-hybridized carbons (Fsp3) is 0.350. The number of carboxylic acid groups (broad SMARTS) is 1. The molecular weight excluding hydrogens is 320 g/mol. The average Bonchev–Trinajstić information content (AvgIpc) is 2.67. The van der Waals surface area contributed by atoms with Gasteiger partial charge in [0.25, 0.3) is 0 Å². The molecule has 2 heterocycles. The van der Waals surface area contributed by atoms with Gasteiger partial charge in [0, 0.05) is 11.5 Å². The summed E-state index contributed by atoms with van der Waals surface area (Å²) in [5.41, 5.74) is 1.94. The van der Waals surface area contributed by atoms with Crippen LogP contribution in [0.5, 0.6) is 11.5 Å². The maximum atomic E-state index is 10.9. The highest BCUT2D eigenvalue weighted by molar-refractivity contribution is 5.77. The van der Waals surface area contributed by atoms with Crippen LogP contribution in [0, 0.1) is 0 Å². The molecule has 2 aliphatic heterocycles. The molecule has 2 N–H and O–H groups in total. The zero-order chi connectivity index (χ0) is 17.6. The fourth-order valence-corrected chi connectivity index (χ4v) is 3.20. The Bertz CT molecular complexity index is 728. The molecule has 2 aliphatic rings. The average molecular weight is 342 g/mol. The second kappa shape index (κ2) is 8.03. The predicted molar refractivity (Wildman–Crippen MR) is 93.3 cm³/mol. The quantitative estimate of drug-likeness (QED) is 0.877. The number of ether oxygens (including phenoxy) is 2. The molecule has 0 fully saturated rings. The van der Waals surface area contributed by atoms with Crippen LogP contribution in [-0.4, -0.2) is 36.0 Å². The summed E-state index contributed by atoms with van der Waals surface area (Å²) in [5, 5.41) is 18.0. The Labute approximate surface area is 146 Å². The SMILES string of the molecule is O=C(O)C1CCOc2ccccc21.OCC1CCOc2ccccc21. The highest BCUT2D eigenvalue weighted by atomic mass is 16.5. The van der Waals surface area contributed by atoms with E-state index >= 15 is 0 Å². The molecule has 0 radical (unpaired) electrons. The van der Waals surface area contributed by atoms with Crippen LogP contribution in [0.15, 0.2) is 48.5 Å². The summed E-state index contributed by atoms with van der Waals surface area (Å²) in [6.07, 6.45) is 1.49. The van der Waals surface area contributed by atoms with Gasteiger partial charge in [-0.2, -0.15) is 0 Å². The molecule has 2 atom stereocenters. The molecule has 0 amide bonds. The van der Waals surface area contributed by atoms with Crippen LogP contribution >= 0.6 is 0 Å². The van der Waals surface area contributed by atoms with Gasteiger partial charge in [0.05, 0.1) is 25.7 Å². The third-order valence-electron chi connectivity index (χ3n) is 4.56. The van der Waals surface area contributed by atoms with Gasteiger partial charge in [-0.1, -0.05) is 36.4 Å². The molecule has 5 heteroatoms. The molecule has 132 valence electrons. The van der Waals surface area contributed by atoms with Crippen molar-refractivity contribution in [1.29, 1.82) is 0 Å². The van der Waals surface area contributed by atoms with E-state index in [-0.39, 0.29) is 12.5 Å². The van der Waals surface area contributed by atoms with Crippen LogP contribution in [0.2, 0.25) is 0 Å². The lowest BCUT2D eigenvalue weighted by molar-refractivity contribution is -0.139. The molecule has 0 saturated heterocycles. The smallest absolute Gasteiger partial charge is 0.311 e. The van der Waals surface area contributed by atoms with E-state index in [9.17, 15) is 4.79 Å². The Kier molecular flexibility index (Phi) is 5.56. The first-order chi connectivity index (χ1) is 12.2. The topological polar surface area (TPSA) is 76.0 Å². The van der Waals surface area contributed by atoms with Gasteiger partial charge in [-0.15, -0.1) is 0 Å². The largest absolute Gasteiger partial charge is 0.493 e. The van der Waals surface area contributed by atoms with Gasteiger partial charge in [-0.3, -0.25) is 4.79 Å². The molecule has 2 aromatic rings. The lowest BCUT2D eigenvalue weighted by Gasteiger charge is -2.23. The van der Waals surface area contributed by atoms with Gasteiger partial charge < -0.3 is 19.7 Å². The van der Waals surface area contributed by atoms with Gasteiger partial charge in [0.1, 0.15) is 11.5 Å². The highest BCUT2D eigenvalue weighted by Crippen LogP contribution is 2.33. The van der Waals surface area contributed by atoms with Gasteiger partial charge in [-0.05, 0) is 30.5 Å². The summed E-state index contributed by atoms with van der Waals surface area (Å²) in [6, 6.07) is 15.2. The molecule has 2 aromatic carbocycles. The Hall–Kier alpha value is -2.53. The minimum atomic E-state index is -0.768. The number of aliphatic hydroxyl groups is 1. The van der Waals surface area contributed by atoms with Crippen molar-refractivity contribution in [1.82, 2.24) is 0 Å². The number of carboxylic acids is 1. The Morgan fingerprint density at radius 3 is 2.12 bits per heavy atom. The van der Waals surface area contributed by atoms with Gasteiger partial charge >= 0.3 is 5.97 Å². The predicted octanol–water partition coefficient (Wildman–Crippen LogP) is 3.18. The van der Waals surface area contributed by atoms with Crippen molar-refractivity contribution in [2.24, 2.45) is 0 Å². The van der Waals surface area contributed by atoms with Crippen LogP contribution in [-0.2, 0) is 4.79 Å². The van der Waals surface area contributed by atoms with Crippen molar-refractivity contribution in [3.63, 3.8) is 0 Å².